The van der Waals surface area contributed by atoms with Crippen molar-refractivity contribution >= 4 is 34.3 Å². The number of nitrogens with zero attached hydrogens (tertiary/aromatic N) is 2. The van der Waals surface area contributed by atoms with Crippen LogP contribution in [0.5, 0.6) is 0 Å². The first-order valence-electron chi connectivity index (χ1n) is 7.36. The Balaban J connectivity index is 1.70. The van der Waals surface area contributed by atoms with Crippen molar-refractivity contribution in [3.63, 3.8) is 0 Å². The molecule has 0 unspecified atom stereocenters. The smallest absolute Gasteiger partial charge is 0.323 e. The summed E-state index contributed by atoms with van der Waals surface area (Å²) in [5.41, 5.74) is -0.823. The lowest BCUT2D eigenvalue weighted by atomic mass is 9.73. The molecule has 1 aromatic heterocycles. The van der Waals surface area contributed by atoms with E-state index in [1.807, 2.05) is 6.92 Å². The van der Waals surface area contributed by atoms with Crippen LogP contribution in [0.15, 0.2) is 11.6 Å². The Morgan fingerprint density at radius 2 is 2.36 bits per heavy atom. The van der Waals surface area contributed by atoms with Crippen LogP contribution in [0, 0.1) is 5.92 Å². The Morgan fingerprint density at radius 1 is 1.55 bits per heavy atom. The summed E-state index contributed by atoms with van der Waals surface area (Å²) in [7, 11) is 0. The van der Waals surface area contributed by atoms with Crippen molar-refractivity contribution in [3.05, 3.63) is 11.6 Å². The maximum Gasteiger partial charge on any atom is 0.325 e. The first-order chi connectivity index (χ1) is 10.5. The van der Waals surface area contributed by atoms with Gasteiger partial charge in [0.05, 0.1) is 0 Å². The molecule has 22 heavy (non-hydrogen) atoms. The second-order valence-electron chi connectivity index (χ2n) is 5.83. The molecule has 0 radical (unpaired) electrons. The van der Waals surface area contributed by atoms with Gasteiger partial charge in [-0.25, -0.2) is 9.78 Å². The van der Waals surface area contributed by atoms with Gasteiger partial charge in [0.1, 0.15) is 12.1 Å². The molecule has 1 saturated heterocycles. The molecule has 2 N–H and O–H groups in total. The summed E-state index contributed by atoms with van der Waals surface area (Å²) in [5, 5.41) is 7.61. The zero-order valence-electron chi connectivity index (χ0n) is 12.3. The molecule has 2 aliphatic rings. The van der Waals surface area contributed by atoms with Gasteiger partial charge in [-0.2, -0.15) is 0 Å². The van der Waals surface area contributed by atoms with E-state index in [1.165, 1.54) is 11.3 Å². The first kappa shape index (κ1) is 15.0. The van der Waals surface area contributed by atoms with Gasteiger partial charge in [0.2, 0.25) is 5.91 Å². The summed E-state index contributed by atoms with van der Waals surface area (Å²) in [5.74, 6) is -0.609. The molecule has 2 heterocycles. The summed E-state index contributed by atoms with van der Waals surface area (Å²) in [6.45, 7) is 1.70. The monoisotopic (exact) mass is 322 g/mol. The zero-order valence-corrected chi connectivity index (χ0v) is 13.1. The molecule has 1 saturated carbocycles. The van der Waals surface area contributed by atoms with E-state index in [2.05, 4.69) is 15.6 Å². The predicted octanol–water partition coefficient (Wildman–Crippen LogP) is 1.58. The summed E-state index contributed by atoms with van der Waals surface area (Å²) in [4.78, 5) is 41.8. The predicted molar refractivity (Wildman–Crippen MR) is 81.4 cm³/mol. The van der Waals surface area contributed by atoms with E-state index in [-0.39, 0.29) is 18.4 Å². The minimum absolute atomic E-state index is 0.0877. The van der Waals surface area contributed by atoms with Crippen LogP contribution in [0.2, 0.25) is 0 Å². The average Bonchev–Trinajstić information content (AvgIpc) is 3.06. The summed E-state index contributed by atoms with van der Waals surface area (Å²) in [6.07, 6.45) is 5.10. The molecule has 2 atom stereocenters. The highest BCUT2D eigenvalue weighted by atomic mass is 32.1. The average molecular weight is 322 g/mol. The number of urea groups is 1. The van der Waals surface area contributed by atoms with Gasteiger partial charge in [0.15, 0.2) is 5.13 Å². The minimum atomic E-state index is -0.823. The number of carbonyl (C=O) groups is 3. The fraction of sp³-hybridized carbons (Fsp3) is 0.571. The third-order valence-electron chi connectivity index (χ3n) is 4.48. The quantitative estimate of drug-likeness (QED) is 0.827. The van der Waals surface area contributed by atoms with Crippen molar-refractivity contribution in [2.75, 3.05) is 11.9 Å². The molecule has 0 bridgehead atoms. The van der Waals surface area contributed by atoms with Crippen LogP contribution in [-0.2, 0) is 9.59 Å². The summed E-state index contributed by atoms with van der Waals surface area (Å²) in [6, 6.07) is -0.479. The second-order valence-corrected chi connectivity index (χ2v) is 6.72. The number of carbonyl (C=O) groups excluding carboxylic acids is 3. The van der Waals surface area contributed by atoms with Gasteiger partial charge >= 0.3 is 6.03 Å². The fourth-order valence-corrected chi connectivity index (χ4v) is 3.77. The molecule has 1 aliphatic carbocycles. The Bertz CT molecular complexity index is 603. The number of rotatable bonds is 3. The largest absolute Gasteiger partial charge is 0.325 e. The van der Waals surface area contributed by atoms with E-state index in [1.54, 1.807) is 11.6 Å². The van der Waals surface area contributed by atoms with Crippen molar-refractivity contribution in [1.29, 1.82) is 0 Å². The Kier molecular flexibility index (Phi) is 3.86. The molecule has 7 nitrogen and oxygen atoms in total. The van der Waals surface area contributed by atoms with Gasteiger partial charge in [-0.15, -0.1) is 11.3 Å². The number of hydrogen-bond donors (Lipinski definition) is 2. The Hall–Kier alpha value is -1.96. The molecule has 1 aromatic rings. The second kappa shape index (κ2) is 5.68. The van der Waals surface area contributed by atoms with E-state index >= 15 is 0 Å². The molecular formula is C14H18N4O3S. The fourth-order valence-electron chi connectivity index (χ4n) is 3.23. The van der Waals surface area contributed by atoms with Crippen LogP contribution in [0.3, 0.4) is 0 Å². The van der Waals surface area contributed by atoms with E-state index < -0.39 is 17.5 Å². The molecule has 4 amide bonds. The van der Waals surface area contributed by atoms with Crippen LogP contribution >= 0.6 is 11.3 Å². The standard InChI is InChI=1S/C14H18N4O3S/c1-9-4-2-3-5-14(9)11(20)18(13(21)17-14)8-10(19)16-12-15-6-7-22-12/h6-7,9H,2-5,8H2,1H3,(H,17,21)(H,15,16,19)/t9-,14-/m1/s1. The number of aromatic nitrogens is 1. The van der Waals surface area contributed by atoms with E-state index in [0.29, 0.717) is 11.6 Å². The molecule has 118 valence electrons. The number of imide groups is 1. The van der Waals surface area contributed by atoms with Gasteiger partial charge in [-0.1, -0.05) is 19.8 Å². The molecule has 2 fully saturated rings. The highest BCUT2D eigenvalue weighted by Crippen LogP contribution is 2.38. The summed E-state index contributed by atoms with van der Waals surface area (Å²) >= 11 is 1.29. The maximum absolute atomic E-state index is 12.7. The van der Waals surface area contributed by atoms with Gasteiger partial charge in [0, 0.05) is 11.6 Å². The number of anilines is 1. The third-order valence-corrected chi connectivity index (χ3v) is 5.17. The lowest BCUT2D eigenvalue weighted by molar-refractivity contribution is -0.136. The number of nitrogens with one attached hydrogen (secondary N) is 2. The molecule has 1 spiro atoms. The number of amides is 4. The van der Waals surface area contributed by atoms with Crippen molar-refractivity contribution in [2.45, 2.75) is 38.1 Å². The van der Waals surface area contributed by atoms with Crippen molar-refractivity contribution in [3.8, 4) is 0 Å². The minimum Gasteiger partial charge on any atom is -0.323 e. The highest BCUT2D eigenvalue weighted by Gasteiger charge is 2.55. The Labute approximate surface area is 132 Å². The normalized spacial score (nSPS) is 28.0. The van der Waals surface area contributed by atoms with Crippen molar-refractivity contribution in [1.82, 2.24) is 15.2 Å². The van der Waals surface area contributed by atoms with Crippen LogP contribution in [0.4, 0.5) is 9.93 Å². The van der Waals surface area contributed by atoms with Crippen LogP contribution < -0.4 is 10.6 Å². The topological polar surface area (TPSA) is 91.4 Å². The van der Waals surface area contributed by atoms with Gasteiger partial charge < -0.3 is 10.6 Å². The SMILES string of the molecule is C[C@@H]1CCCC[C@@]12NC(=O)N(CC(=O)Nc1nccs1)C2=O. The van der Waals surface area contributed by atoms with Crippen LogP contribution in [0.25, 0.3) is 0 Å². The zero-order chi connectivity index (χ0) is 15.7. The van der Waals surface area contributed by atoms with E-state index in [9.17, 15) is 14.4 Å². The van der Waals surface area contributed by atoms with Crippen LogP contribution in [-0.4, -0.2) is 39.8 Å². The molecule has 3 rings (SSSR count). The number of hydrogen-bond acceptors (Lipinski definition) is 5. The highest BCUT2D eigenvalue weighted by molar-refractivity contribution is 7.13. The van der Waals surface area contributed by atoms with Gasteiger partial charge in [-0.05, 0) is 18.8 Å². The first-order valence-corrected chi connectivity index (χ1v) is 8.24. The van der Waals surface area contributed by atoms with Gasteiger partial charge in [-0.3, -0.25) is 14.5 Å². The molecule has 0 aromatic carbocycles. The lowest BCUT2D eigenvalue weighted by Gasteiger charge is -2.36. The summed E-state index contributed by atoms with van der Waals surface area (Å²) < 4.78 is 0. The van der Waals surface area contributed by atoms with Crippen molar-refractivity contribution in [2.24, 2.45) is 5.92 Å². The Morgan fingerprint density at radius 3 is 3.05 bits per heavy atom. The maximum atomic E-state index is 12.7. The van der Waals surface area contributed by atoms with E-state index in [0.717, 1.165) is 24.2 Å². The number of thiazole rings is 1. The van der Waals surface area contributed by atoms with Crippen LogP contribution in [0.1, 0.15) is 32.6 Å². The van der Waals surface area contributed by atoms with Gasteiger partial charge in [0.25, 0.3) is 5.91 Å². The molecule has 1 aliphatic heterocycles. The third kappa shape index (κ3) is 2.47. The molecular weight excluding hydrogens is 304 g/mol. The van der Waals surface area contributed by atoms with Crippen molar-refractivity contribution < 1.29 is 14.4 Å². The lowest BCUT2D eigenvalue weighted by Crippen LogP contribution is -2.54. The molecule has 8 heteroatoms. The van der Waals surface area contributed by atoms with E-state index in [4.69, 9.17) is 0 Å².